The van der Waals surface area contributed by atoms with Gasteiger partial charge in [0.25, 0.3) is 5.91 Å². The quantitative estimate of drug-likeness (QED) is 0.501. The van der Waals surface area contributed by atoms with Crippen molar-refractivity contribution >= 4 is 11.9 Å². The van der Waals surface area contributed by atoms with Crippen molar-refractivity contribution in [1.29, 1.82) is 0 Å². The summed E-state index contributed by atoms with van der Waals surface area (Å²) in [6.45, 7) is 5.18. The Balaban J connectivity index is 1.78. The minimum absolute atomic E-state index is 0.0508. The number of nitrogens with one attached hydrogen (secondary N) is 2. The fraction of sp³-hybridized carbons (Fsp3) is 0.350. The summed E-state index contributed by atoms with van der Waals surface area (Å²) < 4.78 is 0. The number of carbonyl (C=O) groups is 1. The first-order valence-electron chi connectivity index (χ1n) is 8.92. The van der Waals surface area contributed by atoms with Crippen LogP contribution in [0.25, 0.3) is 0 Å². The summed E-state index contributed by atoms with van der Waals surface area (Å²) in [4.78, 5) is 20.6. The van der Waals surface area contributed by atoms with Crippen molar-refractivity contribution < 1.29 is 4.79 Å². The molecule has 0 aliphatic rings. The maximum absolute atomic E-state index is 12.1. The fourth-order valence-corrected chi connectivity index (χ4v) is 2.27. The third kappa shape index (κ3) is 6.55. The number of carbonyl (C=O) groups excluding carboxylic acids is 1. The Labute approximate surface area is 154 Å². The van der Waals surface area contributed by atoms with Gasteiger partial charge in [0.15, 0.2) is 5.96 Å². The van der Waals surface area contributed by atoms with Crippen LogP contribution in [0.5, 0.6) is 0 Å². The van der Waals surface area contributed by atoms with Crippen LogP contribution in [0.1, 0.15) is 41.9 Å². The molecule has 0 saturated heterocycles. The summed E-state index contributed by atoms with van der Waals surface area (Å²) in [5.74, 6) is 0.352. The molecule has 2 aromatic rings. The molecule has 0 aliphatic carbocycles. The Hall–Kier alpha value is -2.89. The largest absolute Gasteiger partial charge is 0.370 e. The van der Waals surface area contributed by atoms with Gasteiger partial charge < -0.3 is 16.4 Å². The number of aliphatic imine (C=N–C) groups is 1. The summed E-state index contributed by atoms with van der Waals surface area (Å²) in [5, 5.41) is 6.03. The second-order valence-electron chi connectivity index (χ2n) is 6.18. The lowest BCUT2D eigenvalue weighted by Gasteiger charge is -2.11. The van der Waals surface area contributed by atoms with E-state index in [2.05, 4.69) is 20.6 Å². The second-order valence-corrected chi connectivity index (χ2v) is 6.18. The molecule has 0 spiro atoms. The molecule has 138 valence electrons. The van der Waals surface area contributed by atoms with Crippen molar-refractivity contribution in [2.45, 2.75) is 39.3 Å². The first-order valence-corrected chi connectivity index (χ1v) is 8.92. The van der Waals surface area contributed by atoms with E-state index in [0.29, 0.717) is 24.6 Å². The van der Waals surface area contributed by atoms with Gasteiger partial charge in [-0.25, -0.2) is 4.99 Å². The molecule has 1 heterocycles. The summed E-state index contributed by atoms with van der Waals surface area (Å²) in [6.07, 6.45) is 3.47. The van der Waals surface area contributed by atoms with E-state index in [1.54, 1.807) is 6.20 Å². The number of benzene rings is 1. The van der Waals surface area contributed by atoms with Crippen molar-refractivity contribution in [2.24, 2.45) is 10.7 Å². The lowest BCUT2D eigenvalue weighted by Crippen LogP contribution is -2.33. The number of hydrogen-bond donors (Lipinski definition) is 3. The molecule has 2 rings (SSSR count). The highest BCUT2D eigenvalue weighted by molar-refractivity contribution is 5.94. The normalized spacial score (nSPS) is 12.5. The zero-order valence-electron chi connectivity index (χ0n) is 15.4. The maximum Gasteiger partial charge on any atom is 0.251 e. The van der Waals surface area contributed by atoms with Gasteiger partial charge in [-0.05, 0) is 43.2 Å². The summed E-state index contributed by atoms with van der Waals surface area (Å²) in [6, 6.07) is 13.4. The highest BCUT2D eigenvalue weighted by Gasteiger charge is 2.08. The smallest absolute Gasteiger partial charge is 0.251 e. The average Bonchev–Trinajstić information content (AvgIpc) is 2.67. The van der Waals surface area contributed by atoms with Crippen LogP contribution in [0, 0.1) is 0 Å². The molecule has 1 aromatic heterocycles. The molecular weight excluding hydrogens is 326 g/mol. The molecule has 6 nitrogen and oxygen atoms in total. The van der Waals surface area contributed by atoms with Crippen molar-refractivity contribution in [2.75, 3.05) is 6.54 Å². The van der Waals surface area contributed by atoms with Crippen molar-refractivity contribution in [3.63, 3.8) is 0 Å². The van der Waals surface area contributed by atoms with Crippen LogP contribution in [0.15, 0.2) is 53.7 Å². The van der Waals surface area contributed by atoms with Crippen molar-refractivity contribution in [3.8, 4) is 0 Å². The van der Waals surface area contributed by atoms with E-state index in [1.807, 2.05) is 56.3 Å². The summed E-state index contributed by atoms with van der Waals surface area (Å²) in [7, 11) is 0. The van der Waals surface area contributed by atoms with Gasteiger partial charge in [-0.3, -0.25) is 9.78 Å². The summed E-state index contributed by atoms with van der Waals surface area (Å²) in [5.41, 5.74) is 8.55. The number of rotatable bonds is 8. The van der Waals surface area contributed by atoms with Gasteiger partial charge in [-0.2, -0.15) is 0 Å². The van der Waals surface area contributed by atoms with Gasteiger partial charge in [-0.15, -0.1) is 0 Å². The molecule has 0 bridgehead atoms. The molecule has 0 fully saturated rings. The molecule has 1 atom stereocenters. The van der Waals surface area contributed by atoms with Gasteiger partial charge in [0.05, 0.1) is 6.54 Å². The molecule has 0 radical (unpaired) electrons. The Morgan fingerprint density at radius 2 is 2.00 bits per heavy atom. The molecule has 4 N–H and O–H groups in total. The molecule has 0 aliphatic heterocycles. The topological polar surface area (TPSA) is 92.4 Å². The van der Waals surface area contributed by atoms with E-state index in [1.165, 1.54) is 0 Å². The first kappa shape index (κ1) is 19.4. The van der Waals surface area contributed by atoms with Crippen LogP contribution in [-0.2, 0) is 13.0 Å². The molecular formula is C20H27N5O. The summed E-state index contributed by atoms with van der Waals surface area (Å²) >= 11 is 0. The van der Waals surface area contributed by atoms with Crippen LogP contribution >= 0.6 is 0 Å². The fourth-order valence-electron chi connectivity index (χ4n) is 2.27. The molecule has 1 aromatic carbocycles. The third-order valence-electron chi connectivity index (χ3n) is 4.05. The third-order valence-corrected chi connectivity index (χ3v) is 4.05. The molecule has 26 heavy (non-hydrogen) atoms. The Bertz CT molecular complexity index is 713. The van der Waals surface area contributed by atoms with E-state index >= 15 is 0 Å². The minimum Gasteiger partial charge on any atom is -0.370 e. The zero-order valence-corrected chi connectivity index (χ0v) is 15.4. The van der Waals surface area contributed by atoms with Crippen molar-refractivity contribution in [1.82, 2.24) is 15.6 Å². The van der Waals surface area contributed by atoms with E-state index in [9.17, 15) is 4.79 Å². The predicted molar refractivity (Wildman–Crippen MR) is 105 cm³/mol. The number of hydrogen-bond acceptors (Lipinski definition) is 3. The zero-order chi connectivity index (χ0) is 18.8. The predicted octanol–water partition coefficient (Wildman–Crippen LogP) is 2.26. The Morgan fingerprint density at radius 3 is 2.65 bits per heavy atom. The number of nitrogens with two attached hydrogens (primary N) is 1. The average molecular weight is 353 g/mol. The van der Waals surface area contributed by atoms with Crippen LogP contribution in [0.2, 0.25) is 0 Å². The van der Waals surface area contributed by atoms with E-state index < -0.39 is 0 Å². The molecule has 1 unspecified atom stereocenters. The van der Waals surface area contributed by atoms with Gasteiger partial charge in [0.1, 0.15) is 0 Å². The SMILES string of the molecule is CCC(C)NC(=O)c1ccc(CN=C(N)NCCc2ccccn2)cc1. The minimum atomic E-state index is -0.0508. The first-order chi connectivity index (χ1) is 12.6. The highest BCUT2D eigenvalue weighted by Crippen LogP contribution is 2.06. The Kier molecular flexibility index (Phi) is 7.61. The molecule has 6 heteroatoms. The Morgan fingerprint density at radius 1 is 1.23 bits per heavy atom. The van der Waals surface area contributed by atoms with Crippen LogP contribution in [0.3, 0.4) is 0 Å². The number of nitrogens with zero attached hydrogens (tertiary/aromatic N) is 2. The van der Waals surface area contributed by atoms with Gasteiger partial charge in [0.2, 0.25) is 0 Å². The van der Waals surface area contributed by atoms with Gasteiger partial charge in [-0.1, -0.05) is 25.1 Å². The monoisotopic (exact) mass is 353 g/mol. The maximum atomic E-state index is 12.1. The van der Waals surface area contributed by atoms with E-state index in [4.69, 9.17) is 5.73 Å². The molecule has 0 saturated carbocycles. The number of guanidine groups is 1. The van der Waals surface area contributed by atoms with Crippen LogP contribution < -0.4 is 16.4 Å². The lowest BCUT2D eigenvalue weighted by molar-refractivity contribution is 0.0939. The standard InChI is InChI=1S/C20H27N5O/c1-3-15(2)25-19(26)17-9-7-16(8-10-17)14-24-20(21)23-13-11-18-6-4-5-12-22-18/h4-10,12,15H,3,11,13-14H2,1-2H3,(H,25,26)(H3,21,23,24). The molecule has 1 amide bonds. The number of aromatic nitrogens is 1. The van der Waals surface area contributed by atoms with E-state index in [0.717, 1.165) is 24.1 Å². The highest BCUT2D eigenvalue weighted by atomic mass is 16.1. The van der Waals surface area contributed by atoms with Gasteiger partial charge >= 0.3 is 0 Å². The van der Waals surface area contributed by atoms with Crippen LogP contribution in [-0.4, -0.2) is 29.4 Å². The second kappa shape index (κ2) is 10.2. The number of pyridine rings is 1. The van der Waals surface area contributed by atoms with E-state index in [-0.39, 0.29) is 11.9 Å². The van der Waals surface area contributed by atoms with Crippen LogP contribution in [0.4, 0.5) is 0 Å². The number of amides is 1. The van der Waals surface area contributed by atoms with Crippen molar-refractivity contribution in [3.05, 3.63) is 65.5 Å². The van der Waals surface area contributed by atoms with Gasteiger partial charge in [0, 0.05) is 36.5 Å². The lowest BCUT2D eigenvalue weighted by atomic mass is 10.1.